The molecule has 1 heterocycles. The average molecular weight is 384 g/mol. The van der Waals surface area contributed by atoms with Gasteiger partial charge in [-0.15, -0.1) is 0 Å². The standard InChI is InChI=1S/C22H22ClNO3/c23-19-7-3-6-16(12-19)17-11-18-14-24(8-9-27-22(18)20(25)13-17)21(26)10-15-4-1-2-5-15/h1,3-4,6-7,11-13,15,25H,2,5,8-10,14H2/t15-/m1/s1. The molecule has 140 valence electrons. The summed E-state index contributed by atoms with van der Waals surface area (Å²) in [4.78, 5) is 14.6. The Kier molecular flexibility index (Phi) is 5.08. The highest BCUT2D eigenvalue weighted by atomic mass is 35.5. The summed E-state index contributed by atoms with van der Waals surface area (Å²) in [5.74, 6) is 1.04. The summed E-state index contributed by atoms with van der Waals surface area (Å²) in [6.07, 6.45) is 6.93. The summed E-state index contributed by atoms with van der Waals surface area (Å²) < 4.78 is 5.76. The third-order valence-electron chi connectivity index (χ3n) is 5.17. The summed E-state index contributed by atoms with van der Waals surface area (Å²) in [7, 11) is 0. The fraction of sp³-hybridized carbons (Fsp3) is 0.318. The lowest BCUT2D eigenvalue weighted by Crippen LogP contribution is -2.33. The lowest BCUT2D eigenvalue weighted by atomic mass is 10.0. The van der Waals surface area contributed by atoms with E-state index in [1.54, 1.807) is 6.07 Å². The number of nitrogens with zero attached hydrogens (tertiary/aromatic N) is 1. The number of halogens is 1. The number of benzene rings is 2. The SMILES string of the molecule is O=C(C[C@@H]1C=CCC1)N1CCOc2c(O)cc(-c3cccc(Cl)c3)cc2C1. The Morgan fingerprint density at radius 3 is 2.93 bits per heavy atom. The number of aromatic hydroxyl groups is 1. The van der Waals surface area contributed by atoms with E-state index in [4.69, 9.17) is 16.3 Å². The molecule has 2 aromatic rings. The van der Waals surface area contributed by atoms with Crippen LogP contribution in [0.1, 0.15) is 24.8 Å². The zero-order valence-corrected chi connectivity index (χ0v) is 15.8. The molecule has 0 saturated carbocycles. The van der Waals surface area contributed by atoms with Gasteiger partial charge in [-0.25, -0.2) is 0 Å². The maximum Gasteiger partial charge on any atom is 0.223 e. The number of ether oxygens (including phenoxy) is 1. The summed E-state index contributed by atoms with van der Waals surface area (Å²) in [5.41, 5.74) is 2.59. The minimum atomic E-state index is 0.0931. The Balaban J connectivity index is 1.60. The molecule has 0 saturated heterocycles. The Morgan fingerprint density at radius 1 is 1.26 bits per heavy atom. The van der Waals surface area contributed by atoms with Gasteiger partial charge in [-0.1, -0.05) is 35.9 Å². The van der Waals surface area contributed by atoms with Gasteiger partial charge in [-0.3, -0.25) is 4.79 Å². The van der Waals surface area contributed by atoms with E-state index in [0.29, 0.717) is 42.8 Å². The molecule has 1 N–H and O–H groups in total. The smallest absolute Gasteiger partial charge is 0.223 e. The number of amides is 1. The number of hydrogen-bond acceptors (Lipinski definition) is 3. The average Bonchev–Trinajstić information content (AvgIpc) is 3.05. The van der Waals surface area contributed by atoms with Crippen LogP contribution in [0, 0.1) is 5.92 Å². The minimum absolute atomic E-state index is 0.0931. The second-order valence-corrected chi connectivity index (χ2v) is 7.56. The number of allylic oxidation sites excluding steroid dienone is 2. The first-order valence-electron chi connectivity index (χ1n) is 9.29. The van der Waals surface area contributed by atoms with E-state index in [1.807, 2.05) is 35.2 Å². The number of carbonyl (C=O) groups is 1. The van der Waals surface area contributed by atoms with Gasteiger partial charge >= 0.3 is 0 Å². The highest BCUT2D eigenvalue weighted by Crippen LogP contribution is 2.38. The monoisotopic (exact) mass is 383 g/mol. The maximum atomic E-state index is 12.8. The highest BCUT2D eigenvalue weighted by Gasteiger charge is 2.24. The fourth-order valence-corrected chi connectivity index (χ4v) is 3.96. The van der Waals surface area contributed by atoms with Gasteiger partial charge in [0.2, 0.25) is 5.91 Å². The van der Waals surface area contributed by atoms with Crippen molar-refractivity contribution in [2.24, 2.45) is 5.92 Å². The van der Waals surface area contributed by atoms with Crippen LogP contribution < -0.4 is 4.74 Å². The third kappa shape index (κ3) is 3.96. The van der Waals surface area contributed by atoms with Crippen LogP contribution in [-0.2, 0) is 11.3 Å². The van der Waals surface area contributed by atoms with Crippen molar-refractivity contribution in [3.63, 3.8) is 0 Å². The van der Waals surface area contributed by atoms with Gasteiger partial charge in [0.05, 0.1) is 6.54 Å². The quantitative estimate of drug-likeness (QED) is 0.775. The first-order chi connectivity index (χ1) is 13.1. The summed E-state index contributed by atoms with van der Waals surface area (Å²) in [5, 5.41) is 11.1. The van der Waals surface area contributed by atoms with E-state index in [9.17, 15) is 9.90 Å². The molecule has 1 amide bonds. The molecule has 5 heteroatoms. The highest BCUT2D eigenvalue weighted by molar-refractivity contribution is 6.30. The van der Waals surface area contributed by atoms with Gasteiger partial charge in [0.25, 0.3) is 0 Å². The van der Waals surface area contributed by atoms with Crippen LogP contribution in [0.4, 0.5) is 0 Å². The topological polar surface area (TPSA) is 49.8 Å². The van der Waals surface area contributed by atoms with E-state index in [0.717, 1.165) is 29.5 Å². The molecule has 2 aliphatic rings. The Bertz CT molecular complexity index is 893. The van der Waals surface area contributed by atoms with Crippen molar-refractivity contribution in [1.82, 2.24) is 4.90 Å². The maximum absolute atomic E-state index is 12.8. The van der Waals surface area contributed by atoms with Gasteiger partial charge < -0.3 is 14.7 Å². The molecule has 0 radical (unpaired) electrons. The predicted molar refractivity (Wildman–Crippen MR) is 106 cm³/mol. The molecule has 0 fully saturated rings. The normalized spacial score (nSPS) is 18.7. The van der Waals surface area contributed by atoms with Gasteiger partial charge in [0.1, 0.15) is 6.61 Å². The molecule has 1 atom stereocenters. The molecule has 0 bridgehead atoms. The molecule has 1 aliphatic carbocycles. The van der Waals surface area contributed by atoms with Crippen LogP contribution in [0.2, 0.25) is 5.02 Å². The van der Waals surface area contributed by atoms with Crippen molar-refractivity contribution in [3.05, 3.63) is 59.1 Å². The molecular formula is C22H22ClNO3. The summed E-state index contributed by atoms with van der Waals surface area (Å²) in [6, 6.07) is 11.2. The van der Waals surface area contributed by atoms with E-state index in [1.165, 1.54) is 0 Å². The molecule has 4 nitrogen and oxygen atoms in total. The van der Waals surface area contributed by atoms with Crippen molar-refractivity contribution >= 4 is 17.5 Å². The molecule has 0 aromatic heterocycles. The lowest BCUT2D eigenvalue weighted by molar-refractivity contribution is -0.132. The fourth-order valence-electron chi connectivity index (χ4n) is 3.77. The van der Waals surface area contributed by atoms with Crippen LogP contribution in [-0.4, -0.2) is 29.1 Å². The van der Waals surface area contributed by atoms with Gasteiger partial charge in [0, 0.05) is 23.6 Å². The summed E-state index contributed by atoms with van der Waals surface area (Å²) >= 11 is 6.10. The van der Waals surface area contributed by atoms with E-state index in [-0.39, 0.29) is 11.7 Å². The number of rotatable bonds is 3. The Labute approximate surface area is 164 Å². The van der Waals surface area contributed by atoms with E-state index in [2.05, 4.69) is 12.2 Å². The first-order valence-corrected chi connectivity index (χ1v) is 9.67. The van der Waals surface area contributed by atoms with Crippen LogP contribution in [0.25, 0.3) is 11.1 Å². The zero-order valence-electron chi connectivity index (χ0n) is 15.0. The zero-order chi connectivity index (χ0) is 18.8. The van der Waals surface area contributed by atoms with Crippen LogP contribution in [0.15, 0.2) is 48.6 Å². The molecule has 27 heavy (non-hydrogen) atoms. The Morgan fingerprint density at radius 2 is 2.15 bits per heavy atom. The number of fused-ring (bicyclic) bond motifs is 1. The van der Waals surface area contributed by atoms with Crippen LogP contribution in [0.3, 0.4) is 0 Å². The molecule has 1 aliphatic heterocycles. The van der Waals surface area contributed by atoms with Gasteiger partial charge in [-0.05, 0) is 54.2 Å². The van der Waals surface area contributed by atoms with Crippen LogP contribution in [0.5, 0.6) is 11.5 Å². The molecule has 0 spiro atoms. The number of phenols is 1. The lowest BCUT2D eigenvalue weighted by Gasteiger charge is -2.21. The summed E-state index contributed by atoms with van der Waals surface area (Å²) in [6.45, 7) is 1.34. The van der Waals surface area contributed by atoms with Crippen molar-refractivity contribution in [1.29, 1.82) is 0 Å². The molecule has 4 rings (SSSR count). The third-order valence-corrected chi connectivity index (χ3v) is 5.41. The first kappa shape index (κ1) is 17.9. The number of phenolic OH excluding ortho intramolecular Hbond substituents is 1. The molecular weight excluding hydrogens is 362 g/mol. The van der Waals surface area contributed by atoms with Crippen molar-refractivity contribution in [3.8, 4) is 22.6 Å². The van der Waals surface area contributed by atoms with Crippen LogP contribution >= 0.6 is 11.6 Å². The van der Waals surface area contributed by atoms with Crippen molar-refractivity contribution < 1.29 is 14.6 Å². The van der Waals surface area contributed by atoms with Gasteiger partial charge in [-0.2, -0.15) is 0 Å². The van der Waals surface area contributed by atoms with Gasteiger partial charge in [0.15, 0.2) is 11.5 Å². The second-order valence-electron chi connectivity index (χ2n) is 7.13. The molecule has 2 aromatic carbocycles. The second kappa shape index (κ2) is 7.65. The van der Waals surface area contributed by atoms with Crippen molar-refractivity contribution in [2.45, 2.75) is 25.8 Å². The minimum Gasteiger partial charge on any atom is -0.504 e. The Hall–Kier alpha value is -2.46. The van der Waals surface area contributed by atoms with Crippen molar-refractivity contribution in [2.75, 3.05) is 13.2 Å². The number of hydrogen-bond donors (Lipinski definition) is 1. The molecule has 0 unspecified atom stereocenters. The number of carbonyl (C=O) groups excluding carboxylic acids is 1. The predicted octanol–water partition coefficient (Wildman–Crippen LogP) is 4.79. The largest absolute Gasteiger partial charge is 0.504 e. The van der Waals surface area contributed by atoms with E-state index >= 15 is 0 Å². The van der Waals surface area contributed by atoms with E-state index < -0.39 is 0 Å².